The van der Waals surface area contributed by atoms with E-state index in [4.69, 9.17) is 0 Å². The zero-order valence-electron chi connectivity index (χ0n) is 14.4. The van der Waals surface area contributed by atoms with Gasteiger partial charge in [-0.3, -0.25) is 4.79 Å². The Hall–Kier alpha value is -1.27. The van der Waals surface area contributed by atoms with E-state index in [2.05, 4.69) is 5.32 Å². The third-order valence-corrected chi connectivity index (χ3v) is 4.51. The summed E-state index contributed by atoms with van der Waals surface area (Å²) < 4.78 is 40.4. The van der Waals surface area contributed by atoms with E-state index in [1.807, 2.05) is 6.92 Å². The quantitative estimate of drug-likeness (QED) is 0.807. The Balaban J connectivity index is 0.00000312. The van der Waals surface area contributed by atoms with Crippen molar-refractivity contribution in [1.29, 1.82) is 0 Å². The predicted octanol–water partition coefficient (Wildman–Crippen LogP) is 4.14. The van der Waals surface area contributed by atoms with Crippen LogP contribution in [0.25, 0.3) is 0 Å². The van der Waals surface area contributed by atoms with Crippen LogP contribution < -0.4 is 5.32 Å². The van der Waals surface area contributed by atoms with E-state index in [1.54, 1.807) is 23.1 Å². The van der Waals surface area contributed by atoms with Crippen molar-refractivity contribution in [3.05, 3.63) is 35.9 Å². The van der Waals surface area contributed by atoms with Gasteiger partial charge in [0.25, 0.3) is 0 Å². The molecule has 1 aliphatic heterocycles. The molecule has 3 nitrogen and oxygen atoms in total. The van der Waals surface area contributed by atoms with E-state index in [1.165, 1.54) is 12.1 Å². The first-order chi connectivity index (χ1) is 11.4. The molecule has 1 unspecified atom stereocenters. The standard InChI is InChI=1S/C18H25F3N2O.ClH/c1-2-12-23(15-8-10-22-11-9-15)17(24)13-16(18(19,20)21)14-6-4-3-5-7-14;/h3-7,15-16,22H,2,8-13H2,1H3;1H. The lowest BCUT2D eigenvalue weighted by Crippen LogP contribution is -2.47. The minimum Gasteiger partial charge on any atom is -0.340 e. The zero-order valence-corrected chi connectivity index (χ0v) is 15.2. The molecule has 1 heterocycles. The van der Waals surface area contributed by atoms with E-state index < -0.39 is 24.4 Å². The van der Waals surface area contributed by atoms with Crippen LogP contribution in [0.3, 0.4) is 0 Å². The molecule has 25 heavy (non-hydrogen) atoms. The SMILES string of the molecule is CCCN(C(=O)CC(c1ccccc1)C(F)(F)F)C1CCNCC1.Cl. The topological polar surface area (TPSA) is 32.3 Å². The number of amides is 1. The van der Waals surface area contributed by atoms with Crippen LogP contribution in [-0.2, 0) is 4.79 Å². The third-order valence-electron chi connectivity index (χ3n) is 4.51. The molecular formula is C18H26ClF3N2O. The molecule has 1 saturated heterocycles. The number of hydrogen-bond acceptors (Lipinski definition) is 2. The molecule has 1 N–H and O–H groups in total. The minimum absolute atomic E-state index is 0. The van der Waals surface area contributed by atoms with Crippen molar-refractivity contribution < 1.29 is 18.0 Å². The molecule has 1 aliphatic rings. The second-order valence-electron chi connectivity index (χ2n) is 6.28. The van der Waals surface area contributed by atoms with Crippen molar-refractivity contribution in [3.8, 4) is 0 Å². The first-order valence-electron chi connectivity index (χ1n) is 8.55. The summed E-state index contributed by atoms with van der Waals surface area (Å²) in [7, 11) is 0. The number of piperidine rings is 1. The van der Waals surface area contributed by atoms with Gasteiger partial charge in [-0.1, -0.05) is 37.3 Å². The summed E-state index contributed by atoms with van der Waals surface area (Å²) in [5, 5.41) is 3.22. The number of carbonyl (C=O) groups excluding carboxylic acids is 1. The molecule has 0 spiro atoms. The Labute approximate surface area is 153 Å². The van der Waals surface area contributed by atoms with Crippen LogP contribution in [0.15, 0.2) is 30.3 Å². The van der Waals surface area contributed by atoms with E-state index in [0.717, 1.165) is 32.4 Å². The monoisotopic (exact) mass is 378 g/mol. The van der Waals surface area contributed by atoms with Crippen LogP contribution in [0.1, 0.15) is 44.1 Å². The Morgan fingerprint density at radius 1 is 1.24 bits per heavy atom. The van der Waals surface area contributed by atoms with Crippen LogP contribution in [0, 0.1) is 0 Å². The van der Waals surface area contributed by atoms with Crippen LogP contribution in [0.4, 0.5) is 13.2 Å². The molecule has 142 valence electrons. The van der Waals surface area contributed by atoms with Crippen molar-refractivity contribution in [3.63, 3.8) is 0 Å². The lowest BCUT2D eigenvalue weighted by atomic mass is 9.93. The van der Waals surface area contributed by atoms with E-state index >= 15 is 0 Å². The molecule has 0 bridgehead atoms. The number of halogens is 4. The molecule has 1 aromatic rings. The fraction of sp³-hybridized carbons (Fsp3) is 0.611. The van der Waals surface area contributed by atoms with Gasteiger partial charge in [0.2, 0.25) is 5.91 Å². The predicted molar refractivity (Wildman–Crippen MR) is 95.0 cm³/mol. The van der Waals surface area contributed by atoms with E-state index in [9.17, 15) is 18.0 Å². The molecule has 0 saturated carbocycles. The van der Waals surface area contributed by atoms with Crippen LogP contribution in [-0.4, -0.2) is 42.7 Å². The average Bonchev–Trinajstić information content (AvgIpc) is 2.58. The van der Waals surface area contributed by atoms with Crippen LogP contribution in [0.5, 0.6) is 0 Å². The Morgan fingerprint density at radius 2 is 1.84 bits per heavy atom. The van der Waals surface area contributed by atoms with Crippen molar-refractivity contribution in [2.45, 2.75) is 50.7 Å². The summed E-state index contributed by atoms with van der Waals surface area (Å²) in [4.78, 5) is 14.3. The summed E-state index contributed by atoms with van der Waals surface area (Å²) in [6.07, 6.45) is -2.60. The molecule has 0 radical (unpaired) electrons. The van der Waals surface area contributed by atoms with Crippen molar-refractivity contribution in [2.24, 2.45) is 0 Å². The molecular weight excluding hydrogens is 353 g/mol. The number of carbonyl (C=O) groups is 1. The van der Waals surface area contributed by atoms with Gasteiger partial charge in [0, 0.05) is 19.0 Å². The number of hydrogen-bond donors (Lipinski definition) is 1. The van der Waals surface area contributed by atoms with Gasteiger partial charge in [-0.2, -0.15) is 13.2 Å². The largest absolute Gasteiger partial charge is 0.396 e. The third kappa shape index (κ3) is 6.19. The first kappa shape index (κ1) is 21.8. The second-order valence-corrected chi connectivity index (χ2v) is 6.28. The van der Waals surface area contributed by atoms with Crippen LogP contribution >= 0.6 is 12.4 Å². The van der Waals surface area contributed by atoms with Crippen molar-refractivity contribution >= 4 is 18.3 Å². The lowest BCUT2D eigenvalue weighted by Gasteiger charge is -2.35. The smallest absolute Gasteiger partial charge is 0.340 e. The Bertz CT molecular complexity index is 519. The molecule has 0 aromatic heterocycles. The normalized spacial score (nSPS) is 16.8. The molecule has 1 atom stereocenters. The zero-order chi connectivity index (χ0) is 17.6. The highest BCUT2D eigenvalue weighted by molar-refractivity contribution is 5.85. The van der Waals surface area contributed by atoms with Crippen molar-refractivity contribution in [1.82, 2.24) is 10.2 Å². The molecule has 1 aromatic carbocycles. The summed E-state index contributed by atoms with van der Waals surface area (Å²) in [6.45, 7) is 4.07. The summed E-state index contributed by atoms with van der Waals surface area (Å²) >= 11 is 0. The molecule has 0 aliphatic carbocycles. The number of benzene rings is 1. The average molecular weight is 379 g/mol. The maximum atomic E-state index is 13.5. The van der Waals surface area contributed by atoms with Gasteiger partial charge in [-0.15, -0.1) is 12.4 Å². The molecule has 7 heteroatoms. The number of alkyl halides is 3. The summed E-state index contributed by atoms with van der Waals surface area (Å²) in [6, 6.07) is 7.77. The first-order valence-corrected chi connectivity index (χ1v) is 8.55. The fourth-order valence-electron chi connectivity index (χ4n) is 3.27. The Morgan fingerprint density at radius 3 is 2.36 bits per heavy atom. The second kappa shape index (κ2) is 10.0. The van der Waals surface area contributed by atoms with Gasteiger partial charge < -0.3 is 10.2 Å². The minimum atomic E-state index is -4.43. The highest BCUT2D eigenvalue weighted by Crippen LogP contribution is 2.38. The Kier molecular flexibility index (Phi) is 8.73. The number of nitrogens with zero attached hydrogens (tertiary/aromatic N) is 1. The van der Waals surface area contributed by atoms with Gasteiger partial charge in [0.15, 0.2) is 0 Å². The van der Waals surface area contributed by atoms with Gasteiger partial charge in [0.1, 0.15) is 0 Å². The van der Waals surface area contributed by atoms with Crippen molar-refractivity contribution in [2.75, 3.05) is 19.6 Å². The fourth-order valence-corrected chi connectivity index (χ4v) is 3.27. The summed E-state index contributed by atoms with van der Waals surface area (Å²) in [5.74, 6) is -2.14. The molecule has 2 rings (SSSR count). The van der Waals surface area contributed by atoms with E-state index in [-0.39, 0.29) is 24.0 Å². The maximum absolute atomic E-state index is 13.5. The van der Waals surface area contributed by atoms with Crippen LogP contribution in [0.2, 0.25) is 0 Å². The summed E-state index contributed by atoms with van der Waals surface area (Å²) in [5.41, 5.74) is 0.153. The molecule has 1 fully saturated rings. The van der Waals surface area contributed by atoms with Gasteiger partial charge in [-0.05, 0) is 37.9 Å². The van der Waals surface area contributed by atoms with Gasteiger partial charge in [0.05, 0.1) is 5.92 Å². The van der Waals surface area contributed by atoms with E-state index in [0.29, 0.717) is 6.54 Å². The highest BCUT2D eigenvalue weighted by Gasteiger charge is 2.43. The number of rotatable bonds is 6. The molecule has 1 amide bonds. The highest BCUT2D eigenvalue weighted by atomic mass is 35.5. The lowest BCUT2D eigenvalue weighted by molar-refractivity contribution is -0.161. The number of nitrogens with one attached hydrogen (secondary N) is 1. The van der Waals surface area contributed by atoms with Gasteiger partial charge in [-0.25, -0.2) is 0 Å². The maximum Gasteiger partial charge on any atom is 0.396 e. The van der Waals surface area contributed by atoms with Gasteiger partial charge >= 0.3 is 6.18 Å².